The molecule has 3 heteroatoms. The summed E-state index contributed by atoms with van der Waals surface area (Å²) in [7, 11) is 0. The van der Waals surface area contributed by atoms with Crippen LogP contribution in [0.15, 0.2) is 223 Å². The summed E-state index contributed by atoms with van der Waals surface area (Å²) in [5.74, 6) is 0.585. The Morgan fingerprint density at radius 2 is 0.833 bits per heavy atom. The Balaban J connectivity index is 0.943. The van der Waals surface area contributed by atoms with E-state index in [2.05, 4.69) is 187 Å². The van der Waals surface area contributed by atoms with Crippen molar-refractivity contribution in [3.63, 3.8) is 0 Å². The van der Waals surface area contributed by atoms with Gasteiger partial charge < -0.3 is 9.32 Å². The smallest absolute Gasteiger partial charge is 0.227 e. The first-order valence-electron chi connectivity index (χ1n) is 20.8. The van der Waals surface area contributed by atoms with Crippen LogP contribution in [-0.2, 0) is 0 Å². The van der Waals surface area contributed by atoms with Crippen LogP contribution in [0.4, 0.5) is 17.1 Å². The van der Waals surface area contributed by atoms with E-state index in [9.17, 15) is 1.37 Å². The monoisotopic (exact) mass is 765 g/mol. The molecule has 0 aliphatic heterocycles. The zero-order chi connectivity index (χ0) is 40.4. The fourth-order valence-electron chi connectivity index (χ4n) is 8.78. The van der Waals surface area contributed by atoms with Crippen LogP contribution in [0.25, 0.3) is 98.7 Å². The fraction of sp³-hybridized carbons (Fsp3) is 0. The van der Waals surface area contributed by atoms with E-state index in [0.717, 1.165) is 66.4 Å². The topological polar surface area (TPSA) is 29.3 Å². The largest absolute Gasteiger partial charge is 0.436 e. The maximum absolute atomic E-state index is 9.44. The van der Waals surface area contributed by atoms with E-state index in [1.807, 2.05) is 30.3 Å². The molecule has 0 spiro atoms. The molecule has 0 amide bonds. The van der Waals surface area contributed by atoms with Gasteiger partial charge in [0.15, 0.2) is 5.58 Å². The van der Waals surface area contributed by atoms with Crippen molar-refractivity contribution in [1.29, 1.82) is 0 Å². The molecule has 0 aliphatic carbocycles. The zero-order valence-corrected chi connectivity index (χ0v) is 32.5. The van der Waals surface area contributed by atoms with Crippen molar-refractivity contribution in [2.75, 3.05) is 4.90 Å². The van der Waals surface area contributed by atoms with E-state index >= 15 is 0 Å². The van der Waals surface area contributed by atoms with Crippen LogP contribution in [0.3, 0.4) is 0 Å². The first-order valence-corrected chi connectivity index (χ1v) is 20.3. The minimum Gasteiger partial charge on any atom is -0.436 e. The van der Waals surface area contributed by atoms with Crippen LogP contribution >= 0.6 is 0 Å². The molecular weight excluding hydrogens is 729 g/mol. The van der Waals surface area contributed by atoms with Crippen LogP contribution in [0, 0.1) is 0 Å². The quantitative estimate of drug-likeness (QED) is 0.158. The molecule has 12 aromatic rings. The van der Waals surface area contributed by atoms with Gasteiger partial charge in [-0.05, 0) is 161 Å². The summed E-state index contributed by atoms with van der Waals surface area (Å²) in [6.07, 6.45) is 0. The molecule has 0 saturated heterocycles. The van der Waals surface area contributed by atoms with Gasteiger partial charge in [0.1, 0.15) is 5.52 Å². The number of benzene rings is 11. The van der Waals surface area contributed by atoms with Gasteiger partial charge in [-0.3, -0.25) is 0 Å². The highest BCUT2D eigenvalue weighted by atomic mass is 16.3. The summed E-state index contributed by atoms with van der Waals surface area (Å²) in [5.41, 5.74) is 9.97. The van der Waals surface area contributed by atoms with Crippen molar-refractivity contribution >= 4 is 82.0 Å². The average molecular weight is 766 g/mol. The van der Waals surface area contributed by atoms with Gasteiger partial charge in [-0.25, -0.2) is 4.98 Å². The summed E-state index contributed by atoms with van der Waals surface area (Å²) in [6, 6.07) is 75.4. The first-order chi connectivity index (χ1) is 30.1. The summed E-state index contributed by atoms with van der Waals surface area (Å²) < 4.78 is 15.6. The van der Waals surface area contributed by atoms with Crippen LogP contribution in [0.1, 0.15) is 1.37 Å². The molecule has 0 N–H and O–H groups in total. The van der Waals surface area contributed by atoms with Gasteiger partial charge >= 0.3 is 0 Å². The summed E-state index contributed by atoms with van der Waals surface area (Å²) in [5, 5.41) is 11.6. The molecule has 12 rings (SSSR count). The molecule has 0 atom stereocenters. The van der Waals surface area contributed by atoms with Gasteiger partial charge in [-0.1, -0.05) is 133 Å². The lowest BCUT2D eigenvalue weighted by atomic mass is 9.96. The Bertz CT molecular complexity index is 3650. The maximum Gasteiger partial charge on any atom is 0.227 e. The molecule has 3 nitrogen and oxygen atoms in total. The summed E-state index contributed by atoms with van der Waals surface area (Å²) in [6.45, 7) is 0. The van der Waals surface area contributed by atoms with Gasteiger partial charge in [0, 0.05) is 22.6 Å². The third-order valence-electron chi connectivity index (χ3n) is 11.9. The molecule has 60 heavy (non-hydrogen) atoms. The van der Waals surface area contributed by atoms with E-state index in [0.29, 0.717) is 11.9 Å². The third-order valence-corrected chi connectivity index (χ3v) is 11.9. The predicted molar refractivity (Wildman–Crippen MR) is 253 cm³/mol. The normalized spacial score (nSPS) is 11.9. The molecule has 280 valence electrons. The van der Waals surface area contributed by atoms with E-state index in [1.165, 1.54) is 43.4 Å². The highest BCUT2D eigenvalue weighted by Crippen LogP contribution is 2.40. The molecule has 0 bridgehead atoms. The van der Waals surface area contributed by atoms with Crippen LogP contribution in [0.5, 0.6) is 0 Å². The average Bonchev–Trinajstić information content (AvgIpc) is 3.76. The lowest BCUT2D eigenvalue weighted by Gasteiger charge is -2.26. The summed E-state index contributed by atoms with van der Waals surface area (Å²) >= 11 is 0. The van der Waals surface area contributed by atoms with Gasteiger partial charge in [0.25, 0.3) is 0 Å². The van der Waals surface area contributed by atoms with E-state index in [1.54, 1.807) is 0 Å². The number of aromatic nitrogens is 1. The second-order valence-electron chi connectivity index (χ2n) is 15.6. The maximum atomic E-state index is 9.44. The number of nitrogens with zero attached hydrogens (tertiary/aromatic N) is 2. The van der Waals surface area contributed by atoms with Crippen molar-refractivity contribution in [1.82, 2.24) is 4.98 Å². The van der Waals surface area contributed by atoms with Gasteiger partial charge in [-0.2, -0.15) is 0 Å². The standard InChI is InChI=1S/C57H36N2O/c1-2-9-40-31-41(15-13-37(40)7-1)42-16-18-47-35-51(28-23-44(47)32-42)59(50-26-21-39(22-27-50)57-58-55-11-5-6-12-56(55)60-57)52-29-24-45-33-43(17-19-48(45)36-52)46-25-30-54-49(34-46)20-14-38-8-3-4-10-53(38)54/h1-36H/i24D. The minimum atomic E-state index is 0.468. The molecular formula is C57H36N2O. The number of rotatable bonds is 6. The van der Waals surface area contributed by atoms with E-state index in [4.69, 9.17) is 9.40 Å². The minimum absolute atomic E-state index is 0.468. The van der Waals surface area contributed by atoms with Gasteiger partial charge in [0.05, 0.1) is 1.37 Å². The molecule has 0 fully saturated rings. The summed E-state index contributed by atoms with van der Waals surface area (Å²) in [4.78, 5) is 6.99. The third kappa shape index (κ3) is 5.95. The number of anilines is 3. The number of hydrogen-bond donors (Lipinski definition) is 0. The van der Waals surface area contributed by atoms with Crippen LogP contribution < -0.4 is 4.90 Å². The van der Waals surface area contributed by atoms with Crippen molar-refractivity contribution in [3.8, 4) is 33.7 Å². The second kappa shape index (κ2) is 13.8. The van der Waals surface area contributed by atoms with Crippen molar-refractivity contribution in [3.05, 3.63) is 218 Å². The molecule has 1 heterocycles. The Morgan fingerprint density at radius 3 is 1.62 bits per heavy atom. The Kier molecular flexibility index (Phi) is 7.61. The molecule has 0 unspecified atom stereocenters. The number of hydrogen-bond acceptors (Lipinski definition) is 3. The lowest BCUT2D eigenvalue weighted by molar-refractivity contribution is 0.620. The Labute approximate surface area is 348 Å². The second-order valence-corrected chi connectivity index (χ2v) is 15.6. The highest BCUT2D eigenvalue weighted by Gasteiger charge is 2.16. The SMILES string of the molecule is [2H]c1cc(N(c2ccc(-c3nc4ccccc4o3)cc2)c2ccc3cc(-c4ccc5ccccc5c4)ccc3c2)cc2ccc(-c3ccc4c(ccc5ccccc54)c3)cc12. The van der Waals surface area contributed by atoms with Crippen LogP contribution in [0.2, 0.25) is 0 Å². The zero-order valence-electron chi connectivity index (χ0n) is 33.5. The number of fused-ring (bicyclic) bond motifs is 7. The molecule has 11 aromatic carbocycles. The molecule has 1 aromatic heterocycles. The Hall–Kier alpha value is -8.01. The van der Waals surface area contributed by atoms with Crippen molar-refractivity contribution in [2.24, 2.45) is 0 Å². The van der Waals surface area contributed by atoms with E-state index < -0.39 is 0 Å². The van der Waals surface area contributed by atoms with Gasteiger partial charge in [0.2, 0.25) is 5.89 Å². The highest BCUT2D eigenvalue weighted by molar-refractivity contribution is 6.08. The molecule has 0 saturated carbocycles. The van der Waals surface area contributed by atoms with Crippen molar-refractivity contribution < 1.29 is 5.79 Å². The first kappa shape index (κ1) is 33.0. The predicted octanol–water partition coefficient (Wildman–Crippen LogP) is 16.1. The van der Waals surface area contributed by atoms with Crippen LogP contribution in [-0.4, -0.2) is 4.98 Å². The Morgan fingerprint density at radius 1 is 0.350 bits per heavy atom. The van der Waals surface area contributed by atoms with Crippen molar-refractivity contribution in [2.45, 2.75) is 0 Å². The number of para-hydroxylation sites is 2. The lowest BCUT2D eigenvalue weighted by Crippen LogP contribution is -2.10. The molecule has 0 aliphatic rings. The fourth-order valence-corrected chi connectivity index (χ4v) is 8.78. The van der Waals surface area contributed by atoms with E-state index in [-0.39, 0.29) is 0 Å². The van der Waals surface area contributed by atoms with Gasteiger partial charge in [-0.15, -0.1) is 0 Å². The molecule has 0 radical (unpaired) electrons. The number of oxazole rings is 1.